The van der Waals surface area contributed by atoms with Gasteiger partial charge in [-0.1, -0.05) is 98.8 Å². The first kappa shape index (κ1) is 24.5. The Labute approximate surface area is 227 Å². The first-order valence-corrected chi connectivity index (χ1v) is 17.0. The summed E-state index contributed by atoms with van der Waals surface area (Å²) in [4.78, 5) is 0. The molecule has 0 saturated carbocycles. The molecule has 0 N–H and O–H groups in total. The molecular weight excluding hydrogens is 476 g/mol. The van der Waals surface area contributed by atoms with E-state index in [1.165, 1.54) is 55.1 Å². The highest BCUT2D eigenvalue weighted by Crippen LogP contribution is 2.42. The van der Waals surface area contributed by atoms with Crippen LogP contribution in [0.5, 0.6) is 0 Å². The van der Waals surface area contributed by atoms with Crippen molar-refractivity contribution in [3.05, 3.63) is 126 Å². The van der Waals surface area contributed by atoms with Crippen molar-refractivity contribution in [1.29, 1.82) is 0 Å². The third-order valence-corrected chi connectivity index (χ3v) is 10.1. The molecule has 0 amide bonds. The second-order valence-electron chi connectivity index (χ2n) is 12.1. The van der Waals surface area contributed by atoms with Gasteiger partial charge in [0.05, 0.1) is 19.1 Å². The predicted octanol–water partition coefficient (Wildman–Crippen LogP) is 8.75. The zero-order valence-electron chi connectivity index (χ0n) is 23.3. The maximum absolute atomic E-state index is 2.49. The van der Waals surface area contributed by atoms with Crippen molar-refractivity contribution < 1.29 is 0 Å². The first-order chi connectivity index (χ1) is 18.1. The van der Waals surface area contributed by atoms with E-state index in [4.69, 9.17) is 0 Å². The molecule has 0 unspecified atom stereocenters. The Morgan fingerprint density at radius 2 is 1.05 bits per heavy atom. The largest absolute Gasteiger partial charge is 0.316 e. The van der Waals surface area contributed by atoms with Crippen LogP contribution in [0.4, 0.5) is 0 Å². The van der Waals surface area contributed by atoms with Crippen molar-refractivity contribution >= 4 is 35.1 Å². The fourth-order valence-electron chi connectivity index (χ4n) is 5.79. The topological polar surface area (TPSA) is 9.86 Å². The summed E-state index contributed by atoms with van der Waals surface area (Å²) >= 11 is 0. The minimum absolute atomic E-state index is 0.220. The molecule has 0 spiro atoms. The van der Waals surface area contributed by atoms with Gasteiger partial charge in [-0.3, -0.25) is 0 Å². The van der Waals surface area contributed by atoms with Gasteiger partial charge in [-0.25, -0.2) is 0 Å². The number of rotatable bonds is 5. The second kappa shape index (κ2) is 8.89. The summed E-state index contributed by atoms with van der Waals surface area (Å²) in [6, 6.07) is 35.5. The molecule has 0 fully saturated rings. The summed E-state index contributed by atoms with van der Waals surface area (Å²) in [6.45, 7) is 14.3. The molecule has 3 heteroatoms. The molecule has 4 aromatic carbocycles. The number of hydrogen-bond acceptors (Lipinski definition) is 0. The molecule has 190 valence electrons. The van der Waals surface area contributed by atoms with Crippen LogP contribution in [0.15, 0.2) is 109 Å². The molecule has 2 nitrogen and oxygen atoms in total. The Morgan fingerprint density at radius 3 is 1.55 bits per heavy atom. The van der Waals surface area contributed by atoms with Gasteiger partial charge in [-0.05, 0) is 60.5 Å². The Balaban J connectivity index is 1.65. The summed E-state index contributed by atoms with van der Waals surface area (Å²) in [5, 5.41) is 4.17. The Bertz CT molecular complexity index is 1760. The van der Waals surface area contributed by atoms with Gasteiger partial charge in [0.15, 0.2) is 0 Å². The van der Waals surface area contributed by atoms with Gasteiger partial charge >= 0.3 is 0 Å². The molecule has 0 aliphatic carbocycles. The van der Waals surface area contributed by atoms with Crippen molar-refractivity contribution in [2.45, 2.75) is 45.8 Å². The van der Waals surface area contributed by atoms with Gasteiger partial charge in [-0.2, -0.15) is 0 Å². The van der Waals surface area contributed by atoms with Gasteiger partial charge in [0.1, 0.15) is 0 Å². The Morgan fingerprint density at radius 1 is 0.579 bits per heavy atom. The van der Waals surface area contributed by atoms with Gasteiger partial charge in [0.25, 0.3) is 0 Å². The lowest BCUT2D eigenvalue weighted by atomic mass is 9.78. The number of fused-ring (bicyclic) bond motifs is 2. The Hall–Kier alpha value is -3.82. The third kappa shape index (κ3) is 4.02. The normalized spacial score (nSPS) is 12.5. The van der Waals surface area contributed by atoms with Crippen LogP contribution < -0.4 is 5.19 Å². The zero-order valence-corrected chi connectivity index (χ0v) is 24.3. The average molecular weight is 513 g/mol. The molecule has 2 aromatic heterocycles. The average Bonchev–Trinajstić information content (AvgIpc) is 3.48. The summed E-state index contributed by atoms with van der Waals surface area (Å²) in [5.41, 5.74) is 8.69. The summed E-state index contributed by atoms with van der Waals surface area (Å²) < 4.78 is 4.73. The van der Waals surface area contributed by atoms with E-state index >= 15 is 0 Å². The minimum atomic E-state index is -1.49. The van der Waals surface area contributed by atoms with E-state index < -0.39 is 8.07 Å². The highest BCUT2D eigenvalue weighted by Gasteiger charge is 2.32. The van der Waals surface area contributed by atoms with Crippen LogP contribution in [0.2, 0.25) is 19.6 Å². The molecule has 6 rings (SSSR count). The van der Waals surface area contributed by atoms with Crippen LogP contribution >= 0.6 is 0 Å². The maximum Gasteiger partial charge on any atom is 0.0776 e. The maximum atomic E-state index is 2.49. The molecule has 6 aromatic rings. The van der Waals surface area contributed by atoms with Gasteiger partial charge < -0.3 is 9.13 Å². The van der Waals surface area contributed by atoms with Crippen molar-refractivity contribution in [3.63, 3.8) is 0 Å². The minimum Gasteiger partial charge on any atom is -0.316 e. The molecule has 0 saturated heterocycles. The molecule has 38 heavy (non-hydrogen) atoms. The van der Waals surface area contributed by atoms with E-state index in [2.05, 4.69) is 159 Å². The highest BCUT2D eigenvalue weighted by atomic mass is 28.3. The number of aromatic nitrogens is 2. The molecule has 0 aliphatic heterocycles. The van der Waals surface area contributed by atoms with Crippen LogP contribution in [0.3, 0.4) is 0 Å². The van der Waals surface area contributed by atoms with E-state index in [0.29, 0.717) is 0 Å². The quantitative estimate of drug-likeness (QED) is 0.204. The van der Waals surface area contributed by atoms with Crippen LogP contribution in [-0.2, 0) is 5.41 Å². The first-order valence-electron chi connectivity index (χ1n) is 13.5. The second-order valence-corrected chi connectivity index (χ2v) is 17.2. The van der Waals surface area contributed by atoms with Gasteiger partial charge in [0.2, 0.25) is 0 Å². The van der Waals surface area contributed by atoms with Crippen molar-refractivity contribution in [2.75, 3.05) is 0 Å². The van der Waals surface area contributed by atoms with Crippen molar-refractivity contribution in [1.82, 2.24) is 9.13 Å². The van der Waals surface area contributed by atoms with Crippen molar-refractivity contribution in [3.8, 4) is 11.4 Å². The zero-order chi connectivity index (χ0) is 26.7. The number of para-hydroxylation sites is 2. The monoisotopic (exact) mass is 512 g/mol. The highest BCUT2D eigenvalue weighted by molar-refractivity contribution is 6.88. The molecule has 0 aliphatic rings. The molecule has 0 atom stereocenters. The van der Waals surface area contributed by atoms with E-state index in [9.17, 15) is 0 Å². The van der Waals surface area contributed by atoms with Crippen LogP contribution in [0.25, 0.3) is 33.2 Å². The number of aryl methyl sites for hydroxylation is 1. The van der Waals surface area contributed by atoms with E-state index in [1.54, 1.807) is 0 Å². The predicted molar refractivity (Wildman–Crippen MR) is 166 cm³/mol. The summed E-state index contributed by atoms with van der Waals surface area (Å²) in [5.74, 6) is 0. The SMILES string of the molecule is Cc1ccc2c(c1)c(C(C)(C)c1cn(-c3ccccc3)c3ccc([Si](C)(C)C)cc13)cn2-c1ccccc1. The van der Waals surface area contributed by atoms with Gasteiger partial charge in [-0.15, -0.1) is 0 Å². The molecule has 2 heterocycles. The summed E-state index contributed by atoms with van der Waals surface area (Å²) in [6.07, 6.45) is 4.75. The number of hydrogen-bond donors (Lipinski definition) is 0. The van der Waals surface area contributed by atoms with Crippen LogP contribution in [0, 0.1) is 6.92 Å². The lowest BCUT2D eigenvalue weighted by Crippen LogP contribution is -2.37. The number of benzene rings is 4. The standard InChI is InChI=1S/C35H36N2Si/c1-25-17-19-33-29(21-25)31(23-36(33)26-13-9-7-10-14-26)35(2,3)32-24-37(27-15-11-8-12-16-27)34-20-18-28(22-30(32)34)38(4,5)6/h7-24H,1-6H3. The third-order valence-electron chi connectivity index (χ3n) is 8.05. The fraction of sp³-hybridized carbons (Fsp3) is 0.200. The summed E-state index contributed by atoms with van der Waals surface area (Å²) in [7, 11) is -1.49. The smallest absolute Gasteiger partial charge is 0.0776 e. The van der Waals surface area contributed by atoms with E-state index in [0.717, 1.165) is 0 Å². The van der Waals surface area contributed by atoms with E-state index in [1.807, 2.05) is 0 Å². The van der Waals surface area contributed by atoms with Crippen LogP contribution in [0.1, 0.15) is 30.5 Å². The number of nitrogens with zero attached hydrogens (tertiary/aromatic N) is 2. The molecule has 0 radical (unpaired) electrons. The van der Waals surface area contributed by atoms with Gasteiger partial charge in [0, 0.05) is 40.0 Å². The van der Waals surface area contributed by atoms with E-state index in [-0.39, 0.29) is 5.41 Å². The van der Waals surface area contributed by atoms with Crippen LogP contribution in [-0.4, -0.2) is 17.2 Å². The molecular formula is C35H36N2Si. The Kier molecular flexibility index (Phi) is 5.73. The lowest BCUT2D eigenvalue weighted by Gasteiger charge is -2.25. The fourth-order valence-corrected chi connectivity index (χ4v) is 6.95. The van der Waals surface area contributed by atoms with Crippen molar-refractivity contribution in [2.24, 2.45) is 0 Å². The molecule has 0 bridgehead atoms. The lowest BCUT2D eigenvalue weighted by molar-refractivity contribution is 0.650.